The number of benzene rings is 1. The molecule has 0 spiro atoms. The van der Waals surface area contributed by atoms with Gasteiger partial charge in [-0.1, -0.05) is 12.1 Å². The van der Waals surface area contributed by atoms with E-state index in [1.54, 1.807) is 0 Å². The minimum atomic E-state index is -0.612. The van der Waals surface area contributed by atoms with Crippen molar-refractivity contribution in [1.29, 1.82) is 0 Å². The number of hydrogen-bond donors (Lipinski definition) is 0. The van der Waals surface area contributed by atoms with E-state index in [0.29, 0.717) is 0 Å². The molecule has 0 aromatic heterocycles. The van der Waals surface area contributed by atoms with Crippen molar-refractivity contribution in [2.75, 3.05) is 26.1 Å². The summed E-state index contributed by atoms with van der Waals surface area (Å²) < 4.78 is 4.57. The van der Waals surface area contributed by atoms with Crippen LogP contribution in [0.3, 0.4) is 0 Å². The molecule has 0 bridgehead atoms. The van der Waals surface area contributed by atoms with Crippen LogP contribution in [0.2, 0.25) is 0 Å². The topological polar surface area (TPSA) is 46.6 Å². The second-order valence-electron chi connectivity index (χ2n) is 4.09. The second kappa shape index (κ2) is 6.00. The minimum Gasteiger partial charge on any atom is -0.465 e. The third-order valence-electron chi connectivity index (χ3n) is 2.51. The number of nitrogens with zero attached hydrogens (tertiary/aromatic N) is 1. The summed E-state index contributed by atoms with van der Waals surface area (Å²) in [5.41, 5.74) is 1.89. The molecule has 0 radical (unpaired) electrons. The molecule has 0 amide bonds. The van der Waals surface area contributed by atoms with Crippen LogP contribution >= 0.6 is 0 Å². The Bertz CT molecular complexity index is 472. The van der Waals surface area contributed by atoms with Gasteiger partial charge in [-0.3, -0.25) is 4.79 Å². The molecule has 96 valence electrons. The van der Waals surface area contributed by atoms with Crippen LogP contribution in [-0.2, 0) is 14.3 Å². The molecule has 1 rings (SSSR count). The molecule has 4 nitrogen and oxygen atoms in total. The first kappa shape index (κ1) is 14.0. The number of anilines is 1. The minimum absolute atomic E-state index is 0.0510. The summed E-state index contributed by atoms with van der Waals surface area (Å²) in [5, 5.41) is 0. The summed E-state index contributed by atoms with van der Waals surface area (Å²) in [5.74, 6) is -0.919. The van der Waals surface area contributed by atoms with E-state index >= 15 is 0 Å². The predicted octanol–water partition coefficient (Wildman–Crippen LogP) is 1.90. The van der Waals surface area contributed by atoms with Gasteiger partial charge < -0.3 is 9.64 Å². The summed E-state index contributed by atoms with van der Waals surface area (Å²) in [6, 6.07) is 7.53. The van der Waals surface area contributed by atoms with E-state index in [1.165, 1.54) is 20.1 Å². The SMILES string of the molecule is COC(=O)/C(=C\c1ccc(N(C)C)cc1)C(C)=O. The first-order valence-electron chi connectivity index (χ1n) is 5.54. The highest BCUT2D eigenvalue weighted by Gasteiger charge is 2.14. The maximum absolute atomic E-state index is 11.4. The molecular weight excluding hydrogens is 230 g/mol. The highest BCUT2D eigenvalue weighted by atomic mass is 16.5. The van der Waals surface area contributed by atoms with Crippen LogP contribution in [0.25, 0.3) is 6.08 Å². The van der Waals surface area contributed by atoms with E-state index in [4.69, 9.17) is 0 Å². The van der Waals surface area contributed by atoms with Gasteiger partial charge in [-0.2, -0.15) is 0 Å². The molecule has 0 N–H and O–H groups in total. The molecule has 0 saturated carbocycles. The quantitative estimate of drug-likeness (QED) is 0.353. The van der Waals surface area contributed by atoms with Crippen LogP contribution < -0.4 is 4.90 Å². The highest BCUT2D eigenvalue weighted by molar-refractivity contribution is 6.19. The Hall–Kier alpha value is -2.10. The number of carbonyl (C=O) groups is 2. The zero-order valence-electron chi connectivity index (χ0n) is 11.1. The highest BCUT2D eigenvalue weighted by Crippen LogP contribution is 2.15. The molecule has 0 fully saturated rings. The molecule has 0 aliphatic rings. The van der Waals surface area contributed by atoms with Crippen molar-refractivity contribution in [1.82, 2.24) is 0 Å². The number of ether oxygens (including phenoxy) is 1. The van der Waals surface area contributed by atoms with Crippen LogP contribution in [0, 0.1) is 0 Å². The van der Waals surface area contributed by atoms with Gasteiger partial charge in [-0.05, 0) is 30.7 Å². The fourth-order valence-electron chi connectivity index (χ4n) is 1.45. The maximum Gasteiger partial charge on any atom is 0.341 e. The van der Waals surface area contributed by atoms with Crippen molar-refractivity contribution in [3.05, 3.63) is 35.4 Å². The molecular formula is C14H17NO3. The molecule has 4 heteroatoms. The normalized spacial score (nSPS) is 11.0. The van der Waals surface area contributed by atoms with E-state index < -0.39 is 5.97 Å². The fourth-order valence-corrected chi connectivity index (χ4v) is 1.45. The lowest BCUT2D eigenvalue weighted by Crippen LogP contribution is -2.11. The van der Waals surface area contributed by atoms with Gasteiger partial charge in [0.15, 0.2) is 5.78 Å². The standard InChI is InChI=1S/C14H17NO3/c1-10(16)13(14(17)18-4)9-11-5-7-12(8-6-11)15(2)3/h5-9H,1-4H3/b13-9-. The molecule has 0 aliphatic carbocycles. The van der Waals surface area contributed by atoms with Crippen molar-refractivity contribution >= 4 is 23.5 Å². The number of ketones is 1. The number of methoxy groups -OCH3 is 1. The van der Waals surface area contributed by atoms with Crippen molar-refractivity contribution in [2.45, 2.75) is 6.92 Å². The summed E-state index contributed by atoms with van der Waals surface area (Å²) in [6.45, 7) is 1.34. The third-order valence-corrected chi connectivity index (χ3v) is 2.51. The molecule has 1 aromatic rings. The zero-order valence-corrected chi connectivity index (χ0v) is 11.1. The summed E-state index contributed by atoms with van der Waals surface area (Å²) >= 11 is 0. The Morgan fingerprint density at radius 2 is 1.72 bits per heavy atom. The van der Waals surface area contributed by atoms with Gasteiger partial charge in [0.05, 0.1) is 7.11 Å². The van der Waals surface area contributed by atoms with Gasteiger partial charge in [-0.15, -0.1) is 0 Å². The van der Waals surface area contributed by atoms with Crippen LogP contribution in [0.1, 0.15) is 12.5 Å². The van der Waals surface area contributed by atoms with E-state index in [9.17, 15) is 9.59 Å². The average molecular weight is 247 g/mol. The molecule has 1 aromatic carbocycles. The van der Waals surface area contributed by atoms with Crippen LogP contribution in [0.5, 0.6) is 0 Å². The smallest absolute Gasteiger partial charge is 0.341 e. The van der Waals surface area contributed by atoms with Gasteiger partial charge in [0, 0.05) is 19.8 Å². The Labute approximate surface area is 107 Å². The van der Waals surface area contributed by atoms with E-state index in [0.717, 1.165) is 11.3 Å². The lowest BCUT2D eigenvalue weighted by Gasteiger charge is -2.12. The van der Waals surface area contributed by atoms with E-state index in [2.05, 4.69) is 4.74 Å². The Balaban J connectivity index is 3.05. The van der Waals surface area contributed by atoms with Crippen molar-refractivity contribution < 1.29 is 14.3 Å². The van der Waals surface area contributed by atoms with Gasteiger partial charge >= 0.3 is 5.97 Å². The fraction of sp³-hybridized carbons (Fsp3) is 0.286. The molecule has 0 saturated heterocycles. The summed E-state index contributed by atoms with van der Waals surface area (Å²) in [6.07, 6.45) is 1.54. The first-order valence-corrected chi connectivity index (χ1v) is 5.54. The number of hydrogen-bond acceptors (Lipinski definition) is 4. The van der Waals surface area contributed by atoms with Gasteiger partial charge in [-0.25, -0.2) is 4.79 Å². The maximum atomic E-state index is 11.4. The van der Waals surface area contributed by atoms with Crippen molar-refractivity contribution in [3.63, 3.8) is 0 Å². The molecule has 0 heterocycles. The van der Waals surface area contributed by atoms with Gasteiger partial charge in [0.25, 0.3) is 0 Å². The predicted molar refractivity (Wildman–Crippen MR) is 71.4 cm³/mol. The number of Topliss-reactive ketones (excluding diaryl/α,β-unsaturated/α-hetero) is 1. The van der Waals surface area contributed by atoms with Crippen LogP contribution in [0.4, 0.5) is 5.69 Å². The van der Waals surface area contributed by atoms with E-state index in [1.807, 2.05) is 43.3 Å². The lowest BCUT2D eigenvalue weighted by molar-refractivity contribution is -0.137. The van der Waals surface area contributed by atoms with E-state index in [-0.39, 0.29) is 11.4 Å². The molecule has 18 heavy (non-hydrogen) atoms. The Morgan fingerprint density at radius 1 is 1.17 bits per heavy atom. The van der Waals surface area contributed by atoms with Gasteiger partial charge in [0.1, 0.15) is 5.57 Å². The van der Waals surface area contributed by atoms with Crippen LogP contribution in [0.15, 0.2) is 29.8 Å². The molecule has 0 atom stereocenters. The van der Waals surface area contributed by atoms with Crippen molar-refractivity contribution in [3.8, 4) is 0 Å². The zero-order chi connectivity index (χ0) is 13.7. The lowest BCUT2D eigenvalue weighted by atomic mass is 10.1. The second-order valence-corrected chi connectivity index (χ2v) is 4.09. The Morgan fingerprint density at radius 3 is 2.11 bits per heavy atom. The largest absolute Gasteiger partial charge is 0.465 e. The summed E-state index contributed by atoms with van der Waals surface area (Å²) in [4.78, 5) is 24.7. The van der Waals surface area contributed by atoms with Crippen LogP contribution in [-0.4, -0.2) is 33.0 Å². The number of carbonyl (C=O) groups excluding carboxylic acids is 2. The Kier molecular flexibility index (Phi) is 4.66. The average Bonchev–Trinajstić information content (AvgIpc) is 2.35. The molecule has 0 aliphatic heterocycles. The first-order chi connectivity index (χ1) is 8.45. The summed E-state index contributed by atoms with van der Waals surface area (Å²) in [7, 11) is 5.15. The number of esters is 1. The van der Waals surface area contributed by atoms with Gasteiger partial charge in [0.2, 0.25) is 0 Å². The monoisotopic (exact) mass is 247 g/mol. The number of rotatable bonds is 4. The third kappa shape index (κ3) is 3.45. The molecule has 0 unspecified atom stereocenters. The van der Waals surface area contributed by atoms with Crippen molar-refractivity contribution in [2.24, 2.45) is 0 Å².